The maximum atomic E-state index is 14.1. The lowest BCUT2D eigenvalue weighted by molar-refractivity contribution is 0.0669. The number of rotatable bonds is 6. The summed E-state index contributed by atoms with van der Waals surface area (Å²) in [6.45, 7) is 2.75. The lowest BCUT2D eigenvalue weighted by atomic mass is 9.95. The van der Waals surface area contributed by atoms with E-state index in [1.807, 2.05) is 43.3 Å². The molecule has 2 rings (SSSR count). The predicted molar refractivity (Wildman–Crippen MR) is 79.0 cm³/mol. The van der Waals surface area contributed by atoms with Crippen LogP contribution in [0.5, 0.6) is 0 Å². The Balaban J connectivity index is 2.39. The first kappa shape index (κ1) is 14.7. The molecule has 0 aromatic heterocycles. The molecule has 0 fully saturated rings. The third-order valence-corrected chi connectivity index (χ3v) is 3.35. The fourth-order valence-corrected chi connectivity index (χ4v) is 2.43. The standard InChI is InChI=1S/C17H20FNO/c1-3-19-16(14-11-7-8-12-15(14)18)17(20-2)13-9-5-4-6-10-13/h4-12,16-17,19H,3H2,1-2H3. The van der Waals surface area contributed by atoms with Crippen molar-refractivity contribution in [3.05, 3.63) is 71.5 Å². The minimum atomic E-state index is -0.229. The van der Waals surface area contributed by atoms with Gasteiger partial charge >= 0.3 is 0 Å². The number of benzene rings is 2. The van der Waals surface area contributed by atoms with Crippen molar-refractivity contribution in [1.82, 2.24) is 5.32 Å². The third kappa shape index (κ3) is 3.24. The van der Waals surface area contributed by atoms with Gasteiger partial charge in [0.2, 0.25) is 0 Å². The summed E-state index contributed by atoms with van der Waals surface area (Å²) < 4.78 is 19.7. The molecule has 0 radical (unpaired) electrons. The molecule has 2 atom stereocenters. The molecule has 0 amide bonds. The van der Waals surface area contributed by atoms with Crippen molar-refractivity contribution in [3.63, 3.8) is 0 Å². The average Bonchev–Trinajstić information content (AvgIpc) is 2.49. The average molecular weight is 273 g/mol. The molecule has 2 nitrogen and oxygen atoms in total. The summed E-state index contributed by atoms with van der Waals surface area (Å²) in [5.41, 5.74) is 1.66. The van der Waals surface area contributed by atoms with E-state index in [-0.39, 0.29) is 18.0 Å². The Morgan fingerprint density at radius 2 is 1.70 bits per heavy atom. The van der Waals surface area contributed by atoms with Gasteiger partial charge in [-0.1, -0.05) is 55.5 Å². The van der Waals surface area contributed by atoms with Crippen molar-refractivity contribution >= 4 is 0 Å². The van der Waals surface area contributed by atoms with Crippen LogP contribution in [0, 0.1) is 5.82 Å². The van der Waals surface area contributed by atoms with Gasteiger partial charge in [-0.3, -0.25) is 0 Å². The van der Waals surface area contributed by atoms with Crippen molar-refractivity contribution in [1.29, 1.82) is 0 Å². The van der Waals surface area contributed by atoms with Crippen molar-refractivity contribution in [2.45, 2.75) is 19.1 Å². The van der Waals surface area contributed by atoms with Crippen molar-refractivity contribution in [3.8, 4) is 0 Å². The van der Waals surface area contributed by atoms with Crippen LogP contribution in [0.2, 0.25) is 0 Å². The normalized spacial score (nSPS) is 13.9. The van der Waals surface area contributed by atoms with Gasteiger partial charge < -0.3 is 10.1 Å². The molecular weight excluding hydrogens is 253 g/mol. The van der Waals surface area contributed by atoms with Crippen LogP contribution in [0.4, 0.5) is 4.39 Å². The van der Waals surface area contributed by atoms with Crippen LogP contribution in [-0.4, -0.2) is 13.7 Å². The first-order valence-corrected chi connectivity index (χ1v) is 6.83. The minimum Gasteiger partial charge on any atom is -0.375 e. The molecule has 2 unspecified atom stereocenters. The number of likely N-dealkylation sites (N-methyl/N-ethyl adjacent to an activating group) is 1. The van der Waals surface area contributed by atoms with Gasteiger partial charge in [-0.15, -0.1) is 0 Å². The zero-order valence-corrected chi connectivity index (χ0v) is 11.8. The zero-order chi connectivity index (χ0) is 14.4. The quantitative estimate of drug-likeness (QED) is 0.862. The molecule has 0 spiro atoms. The summed E-state index contributed by atoms with van der Waals surface area (Å²) in [4.78, 5) is 0. The van der Waals surface area contributed by atoms with E-state index in [2.05, 4.69) is 5.32 Å². The van der Waals surface area contributed by atoms with Crippen LogP contribution in [0.1, 0.15) is 30.2 Å². The largest absolute Gasteiger partial charge is 0.375 e. The van der Waals surface area contributed by atoms with Crippen LogP contribution >= 0.6 is 0 Å². The van der Waals surface area contributed by atoms with E-state index in [4.69, 9.17) is 4.74 Å². The van der Waals surface area contributed by atoms with Crippen LogP contribution in [0.3, 0.4) is 0 Å². The van der Waals surface area contributed by atoms with Gasteiger partial charge in [0.25, 0.3) is 0 Å². The minimum absolute atomic E-state index is 0.212. The van der Waals surface area contributed by atoms with Gasteiger partial charge in [0.1, 0.15) is 11.9 Å². The second-order valence-corrected chi connectivity index (χ2v) is 4.62. The van der Waals surface area contributed by atoms with E-state index in [0.717, 1.165) is 12.1 Å². The van der Waals surface area contributed by atoms with Gasteiger partial charge in [0.05, 0.1) is 6.04 Å². The smallest absolute Gasteiger partial charge is 0.128 e. The Bertz CT molecular complexity index is 530. The molecule has 0 bridgehead atoms. The number of ether oxygens (including phenoxy) is 1. The maximum absolute atomic E-state index is 14.1. The van der Waals surface area contributed by atoms with Crippen molar-refractivity contribution in [2.24, 2.45) is 0 Å². The lowest BCUT2D eigenvalue weighted by Gasteiger charge is -2.28. The van der Waals surface area contributed by atoms with Gasteiger partial charge in [0.15, 0.2) is 0 Å². The molecule has 0 aliphatic heterocycles. The lowest BCUT2D eigenvalue weighted by Crippen LogP contribution is -2.28. The Morgan fingerprint density at radius 3 is 2.30 bits per heavy atom. The van der Waals surface area contributed by atoms with Crippen LogP contribution in [0.25, 0.3) is 0 Å². The fraction of sp³-hybridized carbons (Fsp3) is 0.294. The Labute approximate surface area is 119 Å². The van der Waals surface area contributed by atoms with Crippen LogP contribution < -0.4 is 5.32 Å². The first-order chi connectivity index (χ1) is 9.77. The highest BCUT2D eigenvalue weighted by Crippen LogP contribution is 2.32. The number of hydrogen-bond donors (Lipinski definition) is 1. The molecule has 0 heterocycles. The maximum Gasteiger partial charge on any atom is 0.128 e. The summed E-state index contributed by atoms with van der Waals surface area (Å²) in [5.74, 6) is -0.212. The number of halogens is 1. The van der Waals surface area contributed by atoms with Crippen molar-refractivity contribution < 1.29 is 9.13 Å². The monoisotopic (exact) mass is 273 g/mol. The van der Waals surface area contributed by atoms with Crippen LogP contribution in [-0.2, 0) is 4.74 Å². The van der Waals surface area contributed by atoms with Gasteiger partial charge in [-0.2, -0.15) is 0 Å². The molecule has 0 aliphatic carbocycles. The molecule has 106 valence electrons. The highest BCUT2D eigenvalue weighted by atomic mass is 19.1. The Hall–Kier alpha value is -1.71. The Morgan fingerprint density at radius 1 is 1.05 bits per heavy atom. The molecule has 2 aromatic carbocycles. The van der Waals surface area contributed by atoms with E-state index in [0.29, 0.717) is 5.56 Å². The summed E-state index contributed by atoms with van der Waals surface area (Å²) in [6, 6.07) is 16.5. The summed E-state index contributed by atoms with van der Waals surface area (Å²) >= 11 is 0. The fourth-order valence-electron chi connectivity index (χ4n) is 2.43. The summed E-state index contributed by atoms with van der Waals surface area (Å²) in [6.07, 6.45) is -0.229. The van der Waals surface area contributed by atoms with Gasteiger partial charge in [0, 0.05) is 12.7 Å². The van der Waals surface area contributed by atoms with E-state index < -0.39 is 0 Å². The summed E-state index contributed by atoms with van der Waals surface area (Å²) in [7, 11) is 1.66. The molecule has 2 aromatic rings. The highest BCUT2D eigenvalue weighted by molar-refractivity contribution is 5.27. The van der Waals surface area contributed by atoms with E-state index in [9.17, 15) is 4.39 Å². The second kappa shape index (κ2) is 7.17. The van der Waals surface area contributed by atoms with E-state index in [1.165, 1.54) is 6.07 Å². The molecule has 1 N–H and O–H groups in total. The molecule has 3 heteroatoms. The first-order valence-electron chi connectivity index (χ1n) is 6.83. The predicted octanol–water partition coefficient (Wildman–Crippen LogP) is 3.86. The molecule has 0 saturated carbocycles. The van der Waals surface area contributed by atoms with Crippen LogP contribution in [0.15, 0.2) is 54.6 Å². The zero-order valence-electron chi connectivity index (χ0n) is 11.8. The van der Waals surface area contributed by atoms with Gasteiger partial charge in [-0.05, 0) is 18.2 Å². The Kier molecular flexibility index (Phi) is 5.27. The third-order valence-electron chi connectivity index (χ3n) is 3.35. The molecular formula is C17H20FNO. The number of hydrogen-bond acceptors (Lipinski definition) is 2. The summed E-state index contributed by atoms with van der Waals surface area (Å²) in [5, 5.41) is 3.32. The highest BCUT2D eigenvalue weighted by Gasteiger charge is 2.25. The molecule has 0 aliphatic rings. The van der Waals surface area contributed by atoms with Gasteiger partial charge in [-0.25, -0.2) is 4.39 Å². The van der Waals surface area contributed by atoms with E-state index in [1.54, 1.807) is 19.2 Å². The molecule has 20 heavy (non-hydrogen) atoms. The number of methoxy groups -OCH3 is 1. The van der Waals surface area contributed by atoms with Crippen molar-refractivity contribution in [2.75, 3.05) is 13.7 Å². The second-order valence-electron chi connectivity index (χ2n) is 4.62. The number of nitrogens with one attached hydrogen (secondary N) is 1. The molecule has 0 saturated heterocycles. The van der Waals surface area contributed by atoms with E-state index >= 15 is 0 Å². The topological polar surface area (TPSA) is 21.3 Å². The SMILES string of the molecule is CCNC(c1ccccc1F)C(OC)c1ccccc1.